The van der Waals surface area contributed by atoms with Crippen molar-refractivity contribution in [1.29, 1.82) is 0 Å². The standard InChI is InChI=1S/C24H51P/c1-13-16-19(4)22(7,8)25(23(9,10)20(5)17-14-2)24(11,12)21(6)18-15-3/h19-21H,13-18H2,1-12H3. The van der Waals surface area contributed by atoms with Crippen LogP contribution in [0.5, 0.6) is 0 Å². The van der Waals surface area contributed by atoms with Crippen LogP contribution in [0.1, 0.15) is 122 Å². The summed E-state index contributed by atoms with van der Waals surface area (Å²) in [4.78, 5) is 0. The van der Waals surface area contributed by atoms with Gasteiger partial charge < -0.3 is 0 Å². The summed E-state index contributed by atoms with van der Waals surface area (Å²) in [5.74, 6) is 2.39. The van der Waals surface area contributed by atoms with Gasteiger partial charge in [-0.05, 0) is 33.2 Å². The molecule has 0 aromatic carbocycles. The first-order chi connectivity index (χ1) is 11.3. The first-order valence-corrected chi connectivity index (χ1v) is 12.5. The van der Waals surface area contributed by atoms with Gasteiger partial charge >= 0.3 is 0 Å². The smallest absolute Gasteiger partial charge is 0.0116 e. The van der Waals surface area contributed by atoms with E-state index in [0.29, 0.717) is 15.5 Å². The first kappa shape index (κ1) is 25.4. The van der Waals surface area contributed by atoms with E-state index in [1.54, 1.807) is 0 Å². The van der Waals surface area contributed by atoms with Crippen molar-refractivity contribution in [3.63, 3.8) is 0 Å². The van der Waals surface area contributed by atoms with E-state index in [-0.39, 0.29) is 7.92 Å². The highest BCUT2D eigenvalue weighted by molar-refractivity contribution is 7.62. The molecule has 0 saturated heterocycles. The van der Waals surface area contributed by atoms with Gasteiger partial charge in [0.15, 0.2) is 0 Å². The molecule has 1 heteroatoms. The zero-order valence-electron chi connectivity index (χ0n) is 19.9. The van der Waals surface area contributed by atoms with Crippen molar-refractivity contribution >= 4 is 7.92 Å². The lowest BCUT2D eigenvalue weighted by Crippen LogP contribution is -2.48. The summed E-state index contributed by atoms with van der Waals surface area (Å²) in [5, 5.41) is 1.26. The fourth-order valence-corrected chi connectivity index (χ4v) is 11.4. The Kier molecular flexibility index (Phi) is 10.3. The Morgan fingerprint density at radius 2 is 0.720 bits per heavy atom. The van der Waals surface area contributed by atoms with Crippen molar-refractivity contribution in [2.75, 3.05) is 0 Å². The molecule has 0 spiro atoms. The van der Waals surface area contributed by atoms with Crippen LogP contribution >= 0.6 is 7.92 Å². The van der Waals surface area contributed by atoms with E-state index in [1.807, 2.05) is 0 Å². The average Bonchev–Trinajstić information content (AvgIpc) is 2.46. The van der Waals surface area contributed by atoms with Crippen LogP contribution in [0.15, 0.2) is 0 Å². The topological polar surface area (TPSA) is 0 Å². The zero-order chi connectivity index (χ0) is 20.1. The summed E-state index contributed by atoms with van der Waals surface area (Å²) in [7, 11) is -0.143. The van der Waals surface area contributed by atoms with E-state index in [4.69, 9.17) is 0 Å². The molecule has 0 rings (SSSR count). The van der Waals surface area contributed by atoms with Crippen LogP contribution < -0.4 is 0 Å². The molecule has 152 valence electrons. The van der Waals surface area contributed by atoms with Crippen LogP contribution in [0.25, 0.3) is 0 Å². The normalized spacial score (nSPS) is 18.7. The highest BCUT2D eigenvalue weighted by Crippen LogP contribution is 2.73. The Hall–Kier alpha value is 0.430. The molecule has 0 amide bonds. The second-order valence-corrected chi connectivity index (χ2v) is 14.5. The summed E-state index contributed by atoms with van der Waals surface area (Å²) in [6.07, 6.45) is 8.02. The molecule has 0 saturated carbocycles. The molecule has 0 N–H and O–H groups in total. The third-order valence-corrected chi connectivity index (χ3v) is 12.3. The Morgan fingerprint density at radius 3 is 0.880 bits per heavy atom. The van der Waals surface area contributed by atoms with E-state index < -0.39 is 0 Å². The van der Waals surface area contributed by atoms with Gasteiger partial charge in [-0.25, -0.2) is 0 Å². The maximum Gasteiger partial charge on any atom is -0.0116 e. The van der Waals surface area contributed by atoms with Gasteiger partial charge in [-0.2, -0.15) is 0 Å². The van der Waals surface area contributed by atoms with Crippen molar-refractivity contribution in [3.8, 4) is 0 Å². The molecular formula is C24H51P. The minimum Gasteiger partial charge on any atom is -0.0885 e. The summed E-state index contributed by atoms with van der Waals surface area (Å²) < 4.78 is 0. The molecule has 0 bridgehead atoms. The molecule has 0 aromatic heterocycles. The second-order valence-electron chi connectivity index (χ2n) is 10.4. The highest BCUT2D eigenvalue weighted by Gasteiger charge is 2.53. The molecule has 3 unspecified atom stereocenters. The van der Waals surface area contributed by atoms with Gasteiger partial charge in [0.25, 0.3) is 0 Å². The van der Waals surface area contributed by atoms with E-state index in [9.17, 15) is 0 Å². The Bertz CT molecular complexity index is 309. The molecule has 0 radical (unpaired) electrons. The lowest BCUT2D eigenvalue weighted by atomic mass is 9.90. The van der Waals surface area contributed by atoms with Gasteiger partial charge in [0.1, 0.15) is 0 Å². The molecular weight excluding hydrogens is 319 g/mol. The molecule has 0 nitrogen and oxygen atoms in total. The van der Waals surface area contributed by atoms with E-state index >= 15 is 0 Å². The minimum absolute atomic E-state index is 0.143. The fourth-order valence-electron chi connectivity index (χ4n) is 5.25. The van der Waals surface area contributed by atoms with Crippen molar-refractivity contribution in [1.82, 2.24) is 0 Å². The fraction of sp³-hybridized carbons (Fsp3) is 1.00. The lowest BCUT2D eigenvalue weighted by molar-refractivity contribution is 0.343. The van der Waals surface area contributed by atoms with Crippen molar-refractivity contribution in [3.05, 3.63) is 0 Å². The summed E-state index contributed by atoms with van der Waals surface area (Å²) in [6.45, 7) is 30.3. The van der Waals surface area contributed by atoms with Gasteiger partial charge in [-0.15, -0.1) is 0 Å². The molecule has 0 aliphatic carbocycles. The molecule has 25 heavy (non-hydrogen) atoms. The van der Waals surface area contributed by atoms with E-state index in [0.717, 1.165) is 17.8 Å². The van der Waals surface area contributed by atoms with Crippen LogP contribution in [0.4, 0.5) is 0 Å². The van der Waals surface area contributed by atoms with Crippen molar-refractivity contribution in [2.24, 2.45) is 17.8 Å². The predicted molar refractivity (Wildman–Crippen MR) is 121 cm³/mol. The van der Waals surface area contributed by atoms with Crippen LogP contribution in [-0.2, 0) is 0 Å². The predicted octanol–water partition coefficient (Wildman–Crippen LogP) is 9.11. The largest absolute Gasteiger partial charge is 0.0885 e. The Labute approximate surface area is 163 Å². The van der Waals surface area contributed by atoms with Crippen LogP contribution in [0.3, 0.4) is 0 Å². The maximum absolute atomic E-state index is 2.61. The monoisotopic (exact) mass is 370 g/mol. The Morgan fingerprint density at radius 1 is 0.520 bits per heavy atom. The molecule has 0 heterocycles. The quantitative estimate of drug-likeness (QED) is 0.300. The molecule has 0 fully saturated rings. The zero-order valence-corrected chi connectivity index (χ0v) is 20.8. The third kappa shape index (κ3) is 5.96. The first-order valence-electron chi connectivity index (χ1n) is 11.1. The highest BCUT2D eigenvalue weighted by atomic mass is 31.1. The van der Waals surface area contributed by atoms with E-state index in [2.05, 4.69) is 83.1 Å². The molecule has 0 aromatic rings. The van der Waals surface area contributed by atoms with Gasteiger partial charge in [-0.3, -0.25) is 0 Å². The van der Waals surface area contributed by atoms with Crippen LogP contribution in [-0.4, -0.2) is 15.5 Å². The SMILES string of the molecule is CCCC(C)C(C)(C)P(C(C)(C)C(C)CCC)C(C)(C)C(C)CCC. The van der Waals surface area contributed by atoms with Gasteiger partial charge in [0.05, 0.1) is 0 Å². The molecule has 0 aliphatic heterocycles. The summed E-state index contributed by atoms with van der Waals surface area (Å²) in [6, 6.07) is 0. The van der Waals surface area contributed by atoms with Crippen molar-refractivity contribution in [2.45, 2.75) is 137 Å². The maximum atomic E-state index is 2.61. The average molecular weight is 371 g/mol. The molecule has 3 atom stereocenters. The summed E-state index contributed by atoms with van der Waals surface area (Å²) in [5.41, 5.74) is 0. The second kappa shape index (κ2) is 10.1. The number of hydrogen-bond donors (Lipinski definition) is 0. The van der Waals surface area contributed by atoms with Gasteiger partial charge in [0, 0.05) is 0 Å². The lowest BCUT2D eigenvalue weighted by Gasteiger charge is -2.59. The van der Waals surface area contributed by atoms with E-state index in [1.165, 1.54) is 38.5 Å². The Balaban J connectivity index is 6.14. The third-order valence-electron chi connectivity index (χ3n) is 7.51. The number of rotatable bonds is 12. The van der Waals surface area contributed by atoms with Gasteiger partial charge in [-0.1, -0.05) is 130 Å². The minimum atomic E-state index is -0.143. The molecule has 0 aliphatic rings. The van der Waals surface area contributed by atoms with Crippen LogP contribution in [0.2, 0.25) is 0 Å². The van der Waals surface area contributed by atoms with Gasteiger partial charge in [0.2, 0.25) is 0 Å². The summed E-state index contributed by atoms with van der Waals surface area (Å²) >= 11 is 0. The number of hydrogen-bond acceptors (Lipinski definition) is 0. The van der Waals surface area contributed by atoms with Crippen LogP contribution in [0, 0.1) is 17.8 Å². The van der Waals surface area contributed by atoms with Crippen molar-refractivity contribution < 1.29 is 0 Å².